The quantitative estimate of drug-likeness (QED) is 0.392. The largest absolute Gasteiger partial charge is 0.251 e. The smallest absolute Gasteiger partial charge is 0.0894 e. The molecule has 1 saturated heterocycles. The van der Waals surface area contributed by atoms with Crippen molar-refractivity contribution in [3.8, 4) is 0 Å². The molecule has 0 saturated carbocycles. The molecule has 0 aromatic heterocycles. The Morgan fingerprint density at radius 2 is 1.79 bits per heavy atom. The van der Waals surface area contributed by atoms with Crippen molar-refractivity contribution in [2.45, 2.75) is 43.8 Å². The van der Waals surface area contributed by atoms with Gasteiger partial charge in [-0.2, -0.15) is 0 Å². The molecule has 2 rings (SSSR count). The third-order valence-electron chi connectivity index (χ3n) is 4.71. The highest BCUT2D eigenvalue weighted by Crippen LogP contribution is 2.36. The predicted octanol–water partition coefficient (Wildman–Crippen LogP) is 4.90. The molecule has 0 aliphatic carbocycles. The molecule has 1 fully saturated rings. The molecule has 0 atom stereocenters. The van der Waals surface area contributed by atoms with Crippen LogP contribution in [0.5, 0.6) is 0 Å². The Labute approximate surface area is 125 Å². The minimum Gasteiger partial charge on any atom is -0.251 e. The van der Waals surface area contributed by atoms with Gasteiger partial charge in [-0.25, -0.2) is 0 Å². The molecule has 3 heteroatoms. The van der Waals surface area contributed by atoms with Crippen molar-refractivity contribution in [3.63, 3.8) is 0 Å². The molecule has 1 aromatic carbocycles. The van der Waals surface area contributed by atoms with E-state index >= 15 is 0 Å². The molecule has 106 valence electrons. The summed E-state index contributed by atoms with van der Waals surface area (Å²) in [6.07, 6.45) is 4.56. The number of halogens is 2. The first-order chi connectivity index (χ1) is 9.30. The lowest BCUT2D eigenvalue weighted by molar-refractivity contribution is 0.466. The van der Waals surface area contributed by atoms with Crippen molar-refractivity contribution >= 4 is 29.2 Å². The summed E-state index contributed by atoms with van der Waals surface area (Å²) in [5.74, 6) is 0.866. The topological polar surface area (TPSA) is 0 Å². The summed E-state index contributed by atoms with van der Waals surface area (Å²) in [4.78, 5) is 0. The first-order valence-corrected chi connectivity index (χ1v) is 11.2. The fourth-order valence-corrected chi connectivity index (χ4v) is 9.43. The second kappa shape index (κ2) is 7.58. The molecule has 0 N–H and O–H groups in total. The summed E-state index contributed by atoms with van der Waals surface area (Å²) in [6, 6.07) is 15.2. The SMILES string of the molecule is FCCCC[Si]1(c2ccccc2)CCC(CBr)CC1. The van der Waals surface area contributed by atoms with Crippen molar-refractivity contribution < 1.29 is 4.39 Å². The lowest BCUT2D eigenvalue weighted by Gasteiger charge is -2.39. The van der Waals surface area contributed by atoms with Crippen molar-refractivity contribution in [2.75, 3.05) is 12.0 Å². The van der Waals surface area contributed by atoms with Gasteiger partial charge >= 0.3 is 0 Å². The third-order valence-corrected chi connectivity index (χ3v) is 11.0. The second-order valence-corrected chi connectivity index (χ2v) is 11.2. The molecule has 1 aromatic rings. The van der Waals surface area contributed by atoms with Crippen LogP contribution >= 0.6 is 15.9 Å². The van der Waals surface area contributed by atoms with Gasteiger partial charge in [0.2, 0.25) is 0 Å². The molecule has 19 heavy (non-hydrogen) atoms. The fraction of sp³-hybridized carbons (Fsp3) is 0.625. The van der Waals surface area contributed by atoms with Crippen LogP contribution in [0.4, 0.5) is 4.39 Å². The average molecular weight is 343 g/mol. The number of hydrogen-bond donors (Lipinski definition) is 0. The molecule has 0 bridgehead atoms. The van der Waals surface area contributed by atoms with Gasteiger partial charge in [-0.1, -0.05) is 88.8 Å². The average Bonchev–Trinajstić information content (AvgIpc) is 2.49. The lowest BCUT2D eigenvalue weighted by atomic mass is 10.1. The zero-order valence-electron chi connectivity index (χ0n) is 11.6. The van der Waals surface area contributed by atoms with Crippen LogP contribution in [0.2, 0.25) is 18.1 Å². The number of hydrogen-bond acceptors (Lipinski definition) is 0. The van der Waals surface area contributed by atoms with E-state index in [1.54, 1.807) is 5.19 Å². The number of alkyl halides is 2. The van der Waals surface area contributed by atoms with Crippen molar-refractivity contribution in [1.82, 2.24) is 0 Å². The summed E-state index contributed by atoms with van der Waals surface area (Å²) >= 11 is 3.63. The van der Waals surface area contributed by atoms with Gasteiger partial charge < -0.3 is 0 Å². The molecule has 1 heterocycles. The molecular formula is C16H24BrFSi. The van der Waals surface area contributed by atoms with E-state index in [0.717, 1.165) is 24.1 Å². The number of benzene rings is 1. The van der Waals surface area contributed by atoms with Crippen molar-refractivity contribution in [3.05, 3.63) is 30.3 Å². The van der Waals surface area contributed by atoms with Gasteiger partial charge in [-0.15, -0.1) is 0 Å². The summed E-state index contributed by atoms with van der Waals surface area (Å²) in [5, 5.41) is 2.76. The van der Waals surface area contributed by atoms with Crippen LogP contribution in [0.15, 0.2) is 30.3 Å². The van der Waals surface area contributed by atoms with Gasteiger partial charge in [0.25, 0.3) is 0 Å². The highest BCUT2D eigenvalue weighted by molar-refractivity contribution is 9.09. The predicted molar refractivity (Wildman–Crippen MR) is 88.0 cm³/mol. The molecule has 0 unspecified atom stereocenters. The van der Waals surface area contributed by atoms with Crippen LogP contribution < -0.4 is 5.19 Å². The maximum Gasteiger partial charge on any atom is 0.0894 e. The van der Waals surface area contributed by atoms with Crippen LogP contribution in [0.25, 0.3) is 0 Å². The van der Waals surface area contributed by atoms with E-state index in [1.807, 2.05) is 0 Å². The third kappa shape index (κ3) is 3.91. The van der Waals surface area contributed by atoms with Gasteiger partial charge in [0.05, 0.1) is 14.7 Å². The standard InChI is InChI=1S/C16H24BrFSi/c17-14-15-8-12-19(13-9-15,11-5-4-10-18)16-6-2-1-3-7-16/h1-3,6-7,15H,4-5,8-14H2. The van der Waals surface area contributed by atoms with Crippen molar-refractivity contribution in [2.24, 2.45) is 5.92 Å². The minimum absolute atomic E-state index is 0.150. The highest BCUT2D eigenvalue weighted by atomic mass is 79.9. The molecule has 0 amide bonds. The zero-order valence-corrected chi connectivity index (χ0v) is 14.2. The molecule has 1 aliphatic heterocycles. The second-order valence-electron chi connectivity index (χ2n) is 5.89. The molecule has 0 radical (unpaired) electrons. The summed E-state index contributed by atoms with van der Waals surface area (Å²) in [5.41, 5.74) is 0. The lowest BCUT2D eigenvalue weighted by Crippen LogP contribution is -2.50. The van der Waals surface area contributed by atoms with E-state index in [1.165, 1.54) is 31.0 Å². The number of rotatable bonds is 6. The Balaban J connectivity index is 2.10. The van der Waals surface area contributed by atoms with E-state index in [0.29, 0.717) is 0 Å². The van der Waals surface area contributed by atoms with Crippen LogP contribution in [0, 0.1) is 5.92 Å². The zero-order chi connectivity index (χ0) is 13.6. The Kier molecular flexibility index (Phi) is 6.08. The van der Waals surface area contributed by atoms with Gasteiger partial charge in [0, 0.05) is 5.33 Å². The van der Waals surface area contributed by atoms with E-state index in [4.69, 9.17) is 0 Å². The summed E-state index contributed by atoms with van der Waals surface area (Å²) in [7, 11) is -1.34. The van der Waals surface area contributed by atoms with Crippen LogP contribution in [0.1, 0.15) is 25.7 Å². The first-order valence-electron chi connectivity index (χ1n) is 7.48. The Hall–Kier alpha value is -0.153. The maximum atomic E-state index is 12.4. The van der Waals surface area contributed by atoms with E-state index < -0.39 is 8.07 Å². The summed E-state index contributed by atoms with van der Waals surface area (Å²) < 4.78 is 12.4. The summed E-state index contributed by atoms with van der Waals surface area (Å²) in [6.45, 7) is -0.150. The fourth-order valence-electron chi connectivity index (χ4n) is 3.42. The van der Waals surface area contributed by atoms with Gasteiger partial charge in [-0.05, 0) is 12.3 Å². The van der Waals surface area contributed by atoms with Crippen LogP contribution in [0.3, 0.4) is 0 Å². The highest BCUT2D eigenvalue weighted by Gasteiger charge is 2.37. The monoisotopic (exact) mass is 342 g/mol. The van der Waals surface area contributed by atoms with Crippen LogP contribution in [-0.2, 0) is 0 Å². The van der Waals surface area contributed by atoms with Gasteiger partial charge in [0.15, 0.2) is 0 Å². The van der Waals surface area contributed by atoms with E-state index in [9.17, 15) is 4.39 Å². The molecular weight excluding hydrogens is 319 g/mol. The molecule has 1 aliphatic rings. The van der Waals surface area contributed by atoms with Gasteiger partial charge in [-0.3, -0.25) is 4.39 Å². The molecule has 0 spiro atoms. The normalized spacial score (nSPS) is 27.4. The van der Waals surface area contributed by atoms with Crippen molar-refractivity contribution in [1.29, 1.82) is 0 Å². The van der Waals surface area contributed by atoms with E-state index in [2.05, 4.69) is 46.3 Å². The van der Waals surface area contributed by atoms with Crippen LogP contribution in [-0.4, -0.2) is 20.1 Å². The number of unbranched alkanes of at least 4 members (excludes halogenated alkanes) is 1. The Morgan fingerprint density at radius 1 is 1.11 bits per heavy atom. The minimum atomic E-state index is -1.34. The molecule has 0 nitrogen and oxygen atoms in total. The maximum absolute atomic E-state index is 12.4. The Morgan fingerprint density at radius 3 is 2.37 bits per heavy atom. The van der Waals surface area contributed by atoms with Gasteiger partial charge in [0.1, 0.15) is 0 Å². The van der Waals surface area contributed by atoms with E-state index in [-0.39, 0.29) is 6.67 Å². The Bertz CT molecular complexity index is 355. The first kappa shape index (κ1) is 15.2.